The maximum Gasteiger partial charge on any atom is 0.257 e. The van der Waals surface area contributed by atoms with Gasteiger partial charge in [-0.15, -0.1) is 0 Å². The Hall–Kier alpha value is -3.23. The van der Waals surface area contributed by atoms with Crippen LogP contribution in [-0.2, 0) is 16.6 Å². The first-order valence-electron chi connectivity index (χ1n) is 9.99. The number of hydrogen-bond acceptors (Lipinski definition) is 5. The highest BCUT2D eigenvalue weighted by Gasteiger charge is 2.26. The van der Waals surface area contributed by atoms with Gasteiger partial charge in [0.05, 0.1) is 38.3 Å². The average molecular weight is 489 g/mol. The second kappa shape index (κ2) is 10.1. The van der Waals surface area contributed by atoms with Crippen molar-refractivity contribution in [2.45, 2.75) is 13.5 Å². The van der Waals surface area contributed by atoms with Crippen molar-refractivity contribution >= 4 is 38.9 Å². The first-order valence-corrected chi connectivity index (χ1v) is 12.2. The van der Waals surface area contributed by atoms with Gasteiger partial charge in [0, 0.05) is 16.8 Å². The minimum atomic E-state index is -3.77. The quantitative estimate of drug-likeness (QED) is 0.488. The Kier molecular flexibility index (Phi) is 7.50. The van der Waals surface area contributed by atoms with E-state index in [1.807, 2.05) is 37.3 Å². The number of carbonyl (C=O) groups excluding carboxylic acids is 1. The molecular formula is C24H25ClN2O5S. The number of halogens is 1. The van der Waals surface area contributed by atoms with Crippen LogP contribution in [0.25, 0.3) is 0 Å². The van der Waals surface area contributed by atoms with Gasteiger partial charge in [0.2, 0.25) is 10.0 Å². The fourth-order valence-corrected chi connectivity index (χ4v) is 4.33. The summed E-state index contributed by atoms with van der Waals surface area (Å²) < 4.78 is 37.5. The van der Waals surface area contributed by atoms with Crippen molar-refractivity contribution in [1.29, 1.82) is 0 Å². The van der Waals surface area contributed by atoms with Gasteiger partial charge in [0.25, 0.3) is 5.91 Å². The van der Waals surface area contributed by atoms with Gasteiger partial charge in [0.1, 0.15) is 0 Å². The van der Waals surface area contributed by atoms with Crippen molar-refractivity contribution in [3.63, 3.8) is 0 Å². The predicted octanol–water partition coefficient (Wildman–Crippen LogP) is 4.88. The molecule has 1 N–H and O–H groups in total. The van der Waals surface area contributed by atoms with Crippen LogP contribution in [0.5, 0.6) is 11.5 Å². The number of carbonyl (C=O) groups is 1. The summed E-state index contributed by atoms with van der Waals surface area (Å²) in [6.07, 6.45) is 1.09. The summed E-state index contributed by atoms with van der Waals surface area (Å²) in [6.45, 7) is 1.89. The molecule has 0 radical (unpaired) electrons. The SMILES string of the molecule is COc1cc(C(=O)Nc2ccc(C)c(Cl)c2)c(N(Cc2ccccc2)S(C)(=O)=O)cc1OC. The monoisotopic (exact) mass is 488 g/mol. The highest BCUT2D eigenvalue weighted by molar-refractivity contribution is 7.92. The molecule has 0 heterocycles. The Morgan fingerprint density at radius 3 is 2.21 bits per heavy atom. The third kappa shape index (κ3) is 5.77. The molecule has 7 nitrogen and oxygen atoms in total. The van der Waals surface area contributed by atoms with Gasteiger partial charge < -0.3 is 14.8 Å². The van der Waals surface area contributed by atoms with Gasteiger partial charge in [-0.25, -0.2) is 8.42 Å². The van der Waals surface area contributed by atoms with E-state index < -0.39 is 15.9 Å². The van der Waals surface area contributed by atoms with Crippen LogP contribution in [-0.4, -0.2) is 34.8 Å². The summed E-state index contributed by atoms with van der Waals surface area (Å²) in [6, 6.07) is 17.2. The maximum absolute atomic E-state index is 13.3. The number of sulfonamides is 1. The molecule has 0 saturated heterocycles. The summed E-state index contributed by atoms with van der Waals surface area (Å²) in [4.78, 5) is 13.3. The van der Waals surface area contributed by atoms with Crippen LogP contribution in [0, 0.1) is 6.92 Å². The minimum absolute atomic E-state index is 0.0335. The number of hydrogen-bond donors (Lipinski definition) is 1. The summed E-state index contributed by atoms with van der Waals surface area (Å²) >= 11 is 6.19. The zero-order chi connectivity index (χ0) is 24.2. The molecule has 1 amide bonds. The van der Waals surface area contributed by atoms with Crippen LogP contribution in [0.2, 0.25) is 5.02 Å². The third-order valence-electron chi connectivity index (χ3n) is 5.01. The standard InChI is InChI=1S/C24H25ClN2O5S/c1-16-10-11-18(12-20(16)25)26-24(28)19-13-22(31-2)23(32-3)14-21(19)27(33(4,29)30)15-17-8-6-5-7-9-17/h5-14H,15H2,1-4H3,(H,26,28). The Morgan fingerprint density at radius 1 is 1.00 bits per heavy atom. The Morgan fingerprint density at radius 2 is 1.64 bits per heavy atom. The van der Waals surface area contributed by atoms with Crippen LogP contribution in [0.3, 0.4) is 0 Å². The first-order chi connectivity index (χ1) is 15.6. The molecule has 174 valence electrons. The maximum atomic E-state index is 13.3. The molecule has 9 heteroatoms. The third-order valence-corrected chi connectivity index (χ3v) is 6.55. The van der Waals surface area contributed by atoms with E-state index in [2.05, 4.69) is 5.32 Å². The molecule has 0 aliphatic carbocycles. The number of nitrogens with one attached hydrogen (secondary N) is 1. The molecule has 0 saturated carbocycles. The molecule has 3 rings (SSSR count). The van der Waals surface area contributed by atoms with Gasteiger partial charge in [0.15, 0.2) is 11.5 Å². The normalized spacial score (nSPS) is 11.1. The van der Waals surface area contributed by atoms with Gasteiger partial charge in [-0.1, -0.05) is 48.0 Å². The van der Waals surface area contributed by atoms with Gasteiger partial charge >= 0.3 is 0 Å². The molecule has 0 fully saturated rings. The van der Waals surface area contributed by atoms with E-state index in [0.29, 0.717) is 22.2 Å². The van der Waals surface area contributed by atoms with Crippen molar-refractivity contribution in [1.82, 2.24) is 0 Å². The molecular weight excluding hydrogens is 464 g/mol. The largest absolute Gasteiger partial charge is 0.493 e. The molecule has 3 aromatic rings. The van der Waals surface area contributed by atoms with Crippen LogP contribution in [0.15, 0.2) is 60.7 Å². The minimum Gasteiger partial charge on any atom is -0.493 e. The summed E-state index contributed by atoms with van der Waals surface area (Å²) in [5.41, 5.74) is 2.37. The molecule has 3 aromatic carbocycles. The predicted molar refractivity (Wildman–Crippen MR) is 131 cm³/mol. The summed E-state index contributed by atoms with van der Waals surface area (Å²) in [7, 11) is -0.882. The smallest absolute Gasteiger partial charge is 0.257 e. The number of rotatable bonds is 8. The fraction of sp³-hybridized carbons (Fsp3) is 0.208. The van der Waals surface area contributed by atoms with Crippen LogP contribution >= 0.6 is 11.6 Å². The fourth-order valence-electron chi connectivity index (χ4n) is 3.26. The van der Waals surface area contributed by atoms with E-state index in [1.54, 1.807) is 18.2 Å². The number of nitrogens with zero attached hydrogens (tertiary/aromatic N) is 1. The van der Waals surface area contributed by atoms with E-state index in [4.69, 9.17) is 21.1 Å². The topological polar surface area (TPSA) is 84.9 Å². The zero-order valence-electron chi connectivity index (χ0n) is 18.8. The number of aryl methyl sites for hydroxylation is 1. The highest BCUT2D eigenvalue weighted by Crippen LogP contribution is 2.37. The molecule has 0 aromatic heterocycles. The van der Waals surface area contributed by atoms with E-state index >= 15 is 0 Å². The van der Waals surface area contributed by atoms with Crippen LogP contribution in [0.1, 0.15) is 21.5 Å². The number of anilines is 2. The van der Waals surface area contributed by atoms with Crippen molar-refractivity contribution in [3.05, 3.63) is 82.4 Å². The number of amides is 1. The van der Waals surface area contributed by atoms with Crippen molar-refractivity contribution in [2.75, 3.05) is 30.1 Å². The molecule has 0 unspecified atom stereocenters. The summed E-state index contributed by atoms with van der Waals surface area (Å²) in [5, 5.41) is 3.29. The average Bonchev–Trinajstić information content (AvgIpc) is 2.79. The van der Waals surface area contributed by atoms with E-state index in [-0.39, 0.29) is 17.8 Å². The zero-order valence-corrected chi connectivity index (χ0v) is 20.3. The molecule has 0 atom stereocenters. The number of benzene rings is 3. The van der Waals surface area contributed by atoms with Crippen LogP contribution in [0.4, 0.5) is 11.4 Å². The lowest BCUT2D eigenvalue weighted by Gasteiger charge is -2.26. The molecule has 0 spiro atoms. The first kappa shape index (κ1) is 24.4. The Labute approximate surface area is 198 Å². The lowest BCUT2D eigenvalue weighted by Crippen LogP contribution is -2.31. The van der Waals surface area contributed by atoms with E-state index in [0.717, 1.165) is 17.4 Å². The van der Waals surface area contributed by atoms with E-state index in [9.17, 15) is 13.2 Å². The van der Waals surface area contributed by atoms with E-state index in [1.165, 1.54) is 30.7 Å². The number of methoxy groups -OCH3 is 2. The van der Waals surface area contributed by atoms with Gasteiger partial charge in [-0.3, -0.25) is 9.10 Å². The van der Waals surface area contributed by atoms with Crippen LogP contribution < -0.4 is 19.1 Å². The summed E-state index contributed by atoms with van der Waals surface area (Å²) in [5.74, 6) is 0.0678. The lowest BCUT2D eigenvalue weighted by molar-refractivity contribution is 0.102. The molecule has 0 bridgehead atoms. The molecule has 0 aliphatic rings. The second-order valence-electron chi connectivity index (χ2n) is 7.40. The molecule has 0 aliphatic heterocycles. The van der Waals surface area contributed by atoms with Crippen molar-refractivity contribution in [3.8, 4) is 11.5 Å². The highest BCUT2D eigenvalue weighted by atomic mass is 35.5. The van der Waals surface area contributed by atoms with Crippen molar-refractivity contribution in [2.24, 2.45) is 0 Å². The van der Waals surface area contributed by atoms with Gasteiger partial charge in [-0.05, 0) is 36.2 Å². The Bertz CT molecular complexity index is 1260. The number of ether oxygens (including phenoxy) is 2. The lowest BCUT2D eigenvalue weighted by atomic mass is 10.1. The second-order valence-corrected chi connectivity index (χ2v) is 9.71. The Balaban J connectivity index is 2.13. The van der Waals surface area contributed by atoms with Crippen molar-refractivity contribution < 1.29 is 22.7 Å². The molecule has 33 heavy (non-hydrogen) atoms. The van der Waals surface area contributed by atoms with Gasteiger partial charge in [-0.2, -0.15) is 0 Å².